The van der Waals surface area contributed by atoms with E-state index in [1.54, 1.807) is 10.4 Å². The molecule has 2 aliphatic heterocycles. The third-order valence-corrected chi connectivity index (χ3v) is 8.18. The van der Waals surface area contributed by atoms with Gasteiger partial charge in [0.25, 0.3) is 0 Å². The van der Waals surface area contributed by atoms with Gasteiger partial charge in [-0.2, -0.15) is 4.31 Å². The Labute approximate surface area is 169 Å². The van der Waals surface area contributed by atoms with Crippen LogP contribution in [0.5, 0.6) is 0 Å². The van der Waals surface area contributed by atoms with Crippen molar-refractivity contribution in [2.24, 2.45) is 0 Å². The Hall–Kier alpha value is -1.44. The number of piperazine rings is 1. The molecule has 28 heavy (non-hydrogen) atoms. The SMILES string of the molecule is Cc1ccc(S(=O)(=O)N2CCN(CC(=O)N3[C@@H](C)CCC[C@@H]3C)CC2)c(C)c1. The molecule has 0 aliphatic carbocycles. The van der Waals surface area contributed by atoms with Crippen molar-refractivity contribution in [1.82, 2.24) is 14.1 Å². The van der Waals surface area contributed by atoms with Gasteiger partial charge in [-0.1, -0.05) is 17.7 Å². The number of likely N-dealkylation sites (tertiary alicyclic amines) is 1. The molecule has 2 heterocycles. The molecule has 0 aromatic heterocycles. The average Bonchev–Trinajstić information content (AvgIpc) is 2.61. The topological polar surface area (TPSA) is 60.9 Å². The predicted octanol–water partition coefficient (Wildman–Crippen LogP) is 2.40. The van der Waals surface area contributed by atoms with Crippen LogP contribution in [-0.4, -0.2) is 73.2 Å². The quantitative estimate of drug-likeness (QED) is 0.769. The summed E-state index contributed by atoms with van der Waals surface area (Å²) in [5, 5.41) is 0. The van der Waals surface area contributed by atoms with Gasteiger partial charge in [-0.15, -0.1) is 0 Å². The van der Waals surface area contributed by atoms with Crippen LogP contribution >= 0.6 is 0 Å². The van der Waals surface area contributed by atoms with E-state index in [0.717, 1.165) is 24.0 Å². The van der Waals surface area contributed by atoms with E-state index in [1.165, 1.54) is 6.42 Å². The number of carbonyl (C=O) groups is 1. The zero-order valence-corrected chi connectivity index (χ0v) is 18.3. The van der Waals surface area contributed by atoms with Gasteiger partial charge in [0, 0.05) is 38.3 Å². The molecular formula is C21H33N3O3S. The standard InChI is InChI=1S/C21H33N3O3S/c1-16-8-9-20(17(2)14-16)28(26,27)23-12-10-22(11-13-23)15-21(25)24-18(3)6-5-7-19(24)4/h8-9,14,18-19H,5-7,10-13,15H2,1-4H3/t18-,19-/m0/s1. The molecule has 1 aromatic rings. The van der Waals surface area contributed by atoms with Crippen LogP contribution in [0.25, 0.3) is 0 Å². The summed E-state index contributed by atoms with van der Waals surface area (Å²) in [5.74, 6) is 0.172. The van der Waals surface area contributed by atoms with Crippen molar-refractivity contribution in [3.63, 3.8) is 0 Å². The Morgan fingerprint density at radius 2 is 1.64 bits per heavy atom. The second-order valence-electron chi connectivity index (χ2n) is 8.38. The van der Waals surface area contributed by atoms with Crippen LogP contribution in [0.4, 0.5) is 0 Å². The van der Waals surface area contributed by atoms with E-state index in [0.29, 0.717) is 49.7 Å². The molecule has 1 aromatic carbocycles. The number of amides is 1. The molecule has 3 rings (SSSR count). The third-order valence-electron chi connectivity index (χ3n) is 6.12. The molecule has 0 unspecified atom stereocenters. The molecule has 1 amide bonds. The highest BCUT2D eigenvalue weighted by Crippen LogP contribution is 2.24. The van der Waals surface area contributed by atoms with Gasteiger partial charge in [0.05, 0.1) is 11.4 Å². The molecule has 2 aliphatic rings. The minimum absolute atomic E-state index is 0.172. The van der Waals surface area contributed by atoms with Crippen LogP contribution in [0.3, 0.4) is 0 Å². The lowest BCUT2D eigenvalue weighted by atomic mass is 9.97. The largest absolute Gasteiger partial charge is 0.336 e. The predicted molar refractivity (Wildman–Crippen MR) is 111 cm³/mol. The lowest BCUT2D eigenvalue weighted by Gasteiger charge is -2.41. The summed E-state index contributed by atoms with van der Waals surface area (Å²) in [6, 6.07) is 6.04. The molecule has 0 bridgehead atoms. The monoisotopic (exact) mass is 407 g/mol. The molecule has 2 fully saturated rings. The summed E-state index contributed by atoms with van der Waals surface area (Å²) in [4.78, 5) is 17.3. The molecule has 2 atom stereocenters. The number of nitrogens with zero attached hydrogens (tertiary/aromatic N) is 3. The van der Waals surface area contributed by atoms with Crippen molar-refractivity contribution in [3.8, 4) is 0 Å². The second kappa shape index (κ2) is 8.51. The van der Waals surface area contributed by atoms with E-state index in [4.69, 9.17) is 0 Å². The number of sulfonamides is 1. The normalized spacial score (nSPS) is 25.1. The van der Waals surface area contributed by atoms with Crippen molar-refractivity contribution in [1.29, 1.82) is 0 Å². The highest BCUT2D eigenvalue weighted by atomic mass is 32.2. The first-order valence-corrected chi connectivity index (χ1v) is 11.7. The van der Waals surface area contributed by atoms with Gasteiger partial charge in [-0.25, -0.2) is 8.42 Å². The first kappa shape index (κ1) is 21.3. The molecule has 156 valence electrons. The van der Waals surface area contributed by atoms with Gasteiger partial charge in [-0.05, 0) is 58.6 Å². The van der Waals surface area contributed by atoms with Crippen LogP contribution in [0.1, 0.15) is 44.2 Å². The molecule has 0 saturated carbocycles. The van der Waals surface area contributed by atoms with E-state index in [1.807, 2.05) is 30.9 Å². The number of hydrogen-bond donors (Lipinski definition) is 0. The summed E-state index contributed by atoms with van der Waals surface area (Å²) >= 11 is 0. The number of benzene rings is 1. The Morgan fingerprint density at radius 3 is 2.21 bits per heavy atom. The maximum Gasteiger partial charge on any atom is 0.243 e. The number of carbonyl (C=O) groups excluding carboxylic acids is 1. The van der Waals surface area contributed by atoms with E-state index in [2.05, 4.69) is 18.7 Å². The number of hydrogen-bond acceptors (Lipinski definition) is 4. The fraction of sp³-hybridized carbons (Fsp3) is 0.667. The number of piperidine rings is 1. The van der Waals surface area contributed by atoms with Crippen LogP contribution in [0.2, 0.25) is 0 Å². The van der Waals surface area contributed by atoms with E-state index in [9.17, 15) is 13.2 Å². The molecule has 0 N–H and O–H groups in total. The van der Waals surface area contributed by atoms with E-state index >= 15 is 0 Å². The number of rotatable bonds is 4. The molecule has 0 spiro atoms. The van der Waals surface area contributed by atoms with Crippen LogP contribution < -0.4 is 0 Å². The molecular weight excluding hydrogens is 374 g/mol. The second-order valence-corrected chi connectivity index (χ2v) is 10.3. The van der Waals surface area contributed by atoms with Crippen molar-refractivity contribution >= 4 is 15.9 Å². The maximum atomic E-state index is 13.0. The lowest BCUT2D eigenvalue weighted by Crippen LogP contribution is -2.54. The van der Waals surface area contributed by atoms with Gasteiger partial charge in [-0.3, -0.25) is 9.69 Å². The highest BCUT2D eigenvalue weighted by Gasteiger charge is 2.33. The van der Waals surface area contributed by atoms with E-state index in [-0.39, 0.29) is 5.91 Å². The molecule has 6 nitrogen and oxygen atoms in total. The summed E-state index contributed by atoms with van der Waals surface area (Å²) in [7, 11) is -3.49. The zero-order valence-electron chi connectivity index (χ0n) is 17.5. The Balaban J connectivity index is 1.60. The maximum absolute atomic E-state index is 13.0. The number of aryl methyl sites for hydroxylation is 2. The first-order chi connectivity index (χ1) is 13.2. The molecule has 7 heteroatoms. The minimum atomic E-state index is -3.49. The Morgan fingerprint density at radius 1 is 1.04 bits per heavy atom. The molecule has 0 radical (unpaired) electrons. The van der Waals surface area contributed by atoms with Gasteiger partial charge < -0.3 is 4.90 Å². The molecule has 2 saturated heterocycles. The Kier molecular flexibility index (Phi) is 6.47. The van der Waals surface area contributed by atoms with Crippen LogP contribution in [-0.2, 0) is 14.8 Å². The highest BCUT2D eigenvalue weighted by molar-refractivity contribution is 7.89. The fourth-order valence-electron chi connectivity index (χ4n) is 4.54. The summed E-state index contributed by atoms with van der Waals surface area (Å²) in [6.45, 7) is 10.5. The third kappa shape index (κ3) is 4.42. The van der Waals surface area contributed by atoms with Crippen molar-refractivity contribution in [2.75, 3.05) is 32.7 Å². The smallest absolute Gasteiger partial charge is 0.243 e. The summed E-state index contributed by atoms with van der Waals surface area (Å²) in [5.41, 5.74) is 1.84. The fourth-order valence-corrected chi connectivity index (χ4v) is 6.17. The summed E-state index contributed by atoms with van der Waals surface area (Å²) in [6.07, 6.45) is 3.32. The van der Waals surface area contributed by atoms with Crippen molar-refractivity contribution < 1.29 is 13.2 Å². The van der Waals surface area contributed by atoms with Gasteiger partial charge in [0.15, 0.2) is 0 Å². The lowest BCUT2D eigenvalue weighted by molar-refractivity contribution is -0.138. The zero-order chi connectivity index (χ0) is 20.5. The van der Waals surface area contributed by atoms with Crippen LogP contribution in [0.15, 0.2) is 23.1 Å². The van der Waals surface area contributed by atoms with Gasteiger partial charge >= 0.3 is 0 Å². The van der Waals surface area contributed by atoms with E-state index < -0.39 is 10.0 Å². The Bertz CT molecular complexity index is 806. The summed E-state index contributed by atoms with van der Waals surface area (Å²) < 4.78 is 27.6. The van der Waals surface area contributed by atoms with Crippen molar-refractivity contribution in [2.45, 2.75) is 63.9 Å². The minimum Gasteiger partial charge on any atom is -0.336 e. The van der Waals surface area contributed by atoms with Gasteiger partial charge in [0.2, 0.25) is 15.9 Å². The van der Waals surface area contributed by atoms with Gasteiger partial charge in [0.1, 0.15) is 0 Å². The average molecular weight is 408 g/mol. The first-order valence-electron chi connectivity index (χ1n) is 10.3. The van der Waals surface area contributed by atoms with Crippen molar-refractivity contribution in [3.05, 3.63) is 29.3 Å². The van der Waals surface area contributed by atoms with Crippen LogP contribution in [0, 0.1) is 13.8 Å².